The maximum atomic E-state index is 5.84. The van der Waals surface area contributed by atoms with E-state index >= 15 is 0 Å². The molecule has 0 aromatic heterocycles. The van der Waals surface area contributed by atoms with Gasteiger partial charge in [-0.05, 0) is 13.3 Å². The Labute approximate surface area is 86.6 Å². The lowest BCUT2D eigenvalue weighted by molar-refractivity contribution is 0.575. The van der Waals surface area contributed by atoms with Gasteiger partial charge >= 0.3 is 0 Å². The van der Waals surface area contributed by atoms with Crippen LogP contribution in [0, 0.1) is 0 Å². The molecule has 0 radical (unpaired) electrons. The van der Waals surface area contributed by atoms with E-state index in [0.29, 0.717) is 0 Å². The van der Waals surface area contributed by atoms with E-state index in [-0.39, 0.29) is 0 Å². The van der Waals surface area contributed by atoms with Crippen LogP contribution < -0.4 is 0 Å². The summed E-state index contributed by atoms with van der Waals surface area (Å²) in [6.07, 6.45) is 8.71. The Morgan fingerprint density at radius 3 is 1.92 bits per heavy atom. The number of hydrogen-bond acceptors (Lipinski definition) is 0. The molecule has 0 aliphatic carbocycles. The third kappa shape index (κ3) is 10.6. The van der Waals surface area contributed by atoms with Crippen LogP contribution in [0.3, 0.4) is 0 Å². The van der Waals surface area contributed by atoms with Gasteiger partial charge in [-0.25, -0.2) is 0 Å². The minimum absolute atomic E-state index is 0.509. The second-order valence-electron chi connectivity index (χ2n) is 3.59. The summed E-state index contributed by atoms with van der Waals surface area (Å²) in [5.41, 5.74) is 0. The highest BCUT2D eigenvalue weighted by Gasteiger charge is 2.14. The van der Waals surface area contributed by atoms with Crippen molar-refractivity contribution < 1.29 is 0 Å². The predicted octanol–water partition coefficient (Wildman–Crippen LogP) is 4.93. The number of unbranched alkanes of at least 4 members (excludes halogenated alkanes) is 5. The van der Waals surface area contributed by atoms with Gasteiger partial charge in [0, 0.05) is 0 Å². The molecule has 0 unspecified atom stereocenters. The maximum absolute atomic E-state index is 5.84. The summed E-state index contributed by atoms with van der Waals surface area (Å²) in [6, 6.07) is 0. The molecule has 0 saturated heterocycles. The normalized spacial score (nSPS) is 12.0. The van der Waals surface area contributed by atoms with Gasteiger partial charge in [0.05, 0.1) is 0 Å². The zero-order chi connectivity index (χ0) is 9.45. The molecule has 0 aliphatic heterocycles. The molecule has 0 amide bonds. The lowest BCUT2D eigenvalue weighted by Crippen LogP contribution is -2.04. The van der Waals surface area contributed by atoms with E-state index in [2.05, 4.69) is 6.92 Å². The topological polar surface area (TPSA) is 0 Å². The molecule has 0 fully saturated rings. The molecule has 0 aromatic carbocycles. The standard InChI is InChI=1S/C10H20Cl2/c1-3-4-5-6-7-8-9-10(2,11)12/h3-9H2,1-2H3. The first-order valence-electron chi connectivity index (χ1n) is 4.94. The fourth-order valence-electron chi connectivity index (χ4n) is 1.22. The van der Waals surface area contributed by atoms with Gasteiger partial charge in [-0.1, -0.05) is 45.4 Å². The second-order valence-corrected chi connectivity index (χ2v) is 5.45. The minimum atomic E-state index is -0.509. The van der Waals surface area contributed by atoms with Crippen LogP contribution in [0.5, 0.6) is 0 Å². The molecule has 0 atom stereocenters. The van der Waals surface area contributed by atoms with Gasteiger partial charge in [-0.15, -0.1) is 23.2 Å². The lowest BCUT2D eigenvalue weighted by atomic mass is 10.1. The molecule has 2 heteroatoms. The van der Waals surface area contributed by atoms with Gasteiger partial charge in [0.1, 0.15) is 4.33 Å². The van der Waals surface area contributed by atoms with Crippen molar-refractivity contribution in [2.75, 3.05) is 0 Å². The van der Waals surface area contributed by atoms with Crippen molar-refractivity contribution in [2.24, 2.45) is 0 Å². The van der Waals surface area contributed by atoms with E-state index in [9.17, 15) is 0 Å². The van der Waals surface area contributed by atoms with Crippen LogP contribution >= 0.6 is 23.2 Å². The average molecular weight is 211 g/mol. The van der Waals surface area contributed by atoms with Crippen LogP contribution in [0.4, 0.5) is 0 Å². The number of rotatable bonds is 7. The molecule has 0 rings (SSSR count). The van der Waals surface area contributed by atoms with Crippen molar-refractivity contribution >= 4 is 23.2 Å². The van der Waals surface area contributed by atoms with E-state index in [1.807, 2.05) is 6.92 Å². The smallest absolute Gasteiger partial charge is 0.102 e. The fourth-order valence-corrected chi connectivity index (χ4v) is 1.48. The first-order valence-corrected chi connectivity index (χ1v) is 5.69. The van der Waals surface area contributed by atoms with Gasteiger partial charge in [-0.3, -0.25) is 0 Å². The van der Waals surface area contributed by atoms with Gasteiger partial charge in [-0.2, -0.15) is 0 Å². The van der Waals surface area contributed by atoms with Crippen molar-refractivity contribution in [1.29, 1.82) is 0 Å². The third-order valence-corrected chi connectivity index (χ3v) is 2.35. The molecule has 0 bridgehead atoms. The summed E-state index contributed by atoms with van der Waals surface area (Å²) in [4.78, 5) is 0. The Hall–Kier alpha value is 0.580. The van der Waals surface area contributed by atoms with Crippen molar-refractivity contribution in [3.63, 3.8) is 0 Å². The molecule has 74 valence electrons. The van der Waals surface area contributed by atoms with Crippen LogP contribution in [0.15, 0.2) is 0 Å². The summed E-state index contributed by atoms with van der Waals surface area (Å²) >= 11 is 11.7. The molecule has 12 heavy (non-hydrogen) atoms. The molecule has 0 N–H and O–H groups in total. The molecule has 0 saturated carbocycles. The molecule has 0 aromatic rings. The van der Waals surface area contributed by atoms with E-state index < -0.39 is 4.33 Å². The maximum Gasteiger partial charge on any atom is 0.115 e. The molecular formula is C10H20Cl2. The molecule has 0 spiro atoms. The largest absolute Gasteiger partial charge is 0.115 e. The van der Waals surface area contributed by atoms with Gasteiger partial charge in [0.15, 0.2) is 0 Å². The van der Waals surface area contributed by atoms with Crippen molar-refractivity contribution in [1.82, 2.24) is 0 Å². The van der Waals surface area contributed by atoms with Crippen molar-refractivity contribution in [3.8, 4) is 0 Å². The molecule has 0 aliphatic rings. The third-order valence-electron chi connectivity index (χ3n) is 1.97. The Bertz CT molecular complexity index is 94.5. The Morgan fingerprint density at radius 1 is 0.917 bits per heavy atom. The summed E-state index contributed by atoms with van der Waals surface area (Å²) in [5.74, 6) is 0. The molecule has 0 nitrogen and oxygen atoms in total. The van der Waals surface area contributed by atoms with Crippen molar-refractivity contribution in [3.05, 3.63) is 0 Å². The van der Waals surface area contributed by atoms with E-state index in [0.717, 1.165) is 12.8 Å². The fraction of sp³-hybridized carbons (Fsp3) is 1.00. The van der Waals surface area contributed by atoms with Crippen LogP contribution in [0.1, 0.15) is 58.8 Å². The lowest BCUT2D eigenvalue weighted by Gasteiger charge is -2.11. The van der Waals surface area contributed by atoms with Crippen LogP contribution in [-0.4, -0.2) is 4.33 Å². The van der Waals surface area contributed by atoms with Crippen LogP contribution in [-0.2, 0) is 0 Å². The van der Waals surface area contributed by atoms with Crippen LogP contribution in [0.25, 0.3) is 0 Å². The van der Waals surface area contributed by atoms with E-state index in [4.69, 9.17) is 23.2 Å². The number of halogens is 2. The van der Waals surface area contributed by atoms with Gasteiger partial charge < -0.3 is 0 Å². The van der Waals surface area contributed by atoms with Gasteiger partial charge in [0.25, 0.3) is 0 Å². The first kappa shape index (κ1) is 12.6. The summed E-state index contributed by atoms with van der Waals surface area (Å²) in [6.45, 7) is 4.09. The molecular weight excluding hydrogens is 191 g/mol. The molecule has 0 heterocycles. The van der Waals surface area contributed by atoms with E-state index in [1.54, 1.807) is 0 Å². The van der Waals surface area contributed by atoms with E-state index in [1.165, 1.54) is 32.1 Å². The minimum Gasteiger partial charge on any atom is -0.102 e. The first-order chi connectivity index (χ1) is 5.56. The Kier molecular flexibility index (Phi) is 7.37. The average Bonchev–Trinajstić information content (AvgIpc) is 1.94. The summed E-state index contributed by atoms with van der Waals surface area (Å²) < 4.78 is -0.509. The monoisotopic (exact) mass is 210 g/mol. The summed E-state index contributed by atoms with van der Waals surface area (Å²) in [5, 5.41) is 0. The Morgan fingerprint density at radius 2 is 1.42 bits per heavy atom. The number of hydrogen-bond donors (Lipinski definition) is 0. The quantitative estimate of drug-likeness (QED) is 0.413. The highest BCUT2D eigenvalue weighted by molar-refractivity contribution is 6.48. The zero-order valence-corrected chi connectivity index (χ0v) is 9.72. The van der Waals surface area contributed by atoms with Crippen LogP contribution in [0.2, 0.25) is 0 Å². The van der Waals surface area contributed by atoms with Gasteiger partial charge in [0.2, 0.25) is 0 Å². The predicted molar refractivity (Wildman–Crippen MR) is 58.1 cm³/mol. The summed E-state index contributed by atoms with van der Waals surface area (Å²) in [7, 11) is 0. The highest BCUT2D eigenvalue weighted by Crippen LogP contribution is 2.26. The van der Waals surface area contributed by atoms with Crippen molar-refractivity contribution in [2.45, 2.75) is 63.1 Å². The Balaban J connectivity index is 3.01. The second kappa shape index (κ2) is 7.03. The number of alkyl halides is 2. The zero-order valence-electron chi connectivity index (χ0n) is 8.21. The highest BCUT2D eigenvalue weighted by atomic mass is 35.5. The SMILES string of the molecule is CCCCCCCCC(C)(Cl)Cl.